The van der Waals surface area contributed by atoms with Gasteiger partial charge in [0.05, 0.1) is 31.4 Å². The number of likely N-dealkylation sites (tertiary alicyclic amines) is 1. The van der Waals surface area contributed by atoms with Crippen LogP contribution in [0.1, 0.15) is 23.6 Å². The van der Waals surface area contributed by atoms with Crippen molar-refractivity contribution in [3.8, 4) is 0 Å². The zero-order valence-electron chi connectivity index (χ0n) is 16.9. The fraction of sp³-hybridized carbons (Fsp3) is 0.333. The molecule has 30 heavy (non-hydrogen) atoms. The van der Waals surface area contributed by atoms with Gasteiger partial charge in [-0.05, 0) is 5.56 Å². The smallest absolute Gasteiger partial charge is 0.295 e. The summed E-state index contributed by atoms with van der Waals surface area (Å²) in [5.74, 6) is -1.29. The third kappa shape index (κ3) is 4.15. The lowest BCUT2D eigenvalue weighted by atomic mass is 9.95. The molecule has 0 aliphatic carbocycles. The zero-order valence-corrected chi connectivity index (χ0v) is 16.9. The van der Waals surface area contributed by atoms with Gasteiger partial charge in [-0.15, -0.1) is 0 Å². The molecule has 2 aliphatic rings. The highest BCUT2D eigenvalue weighted by Crippen LogP contribution is 2.39. The molecule has 0 spiro atoms. The third-order valence-electron chi connectivity index (χ3n) is 5.83. The largest absolute Gasteiger partial charge is 0.507 e. The minimum absolute atomic E-state index is 0.121. The number of ketones is 1. The first kappa shape index (κ1) is 20.3. The van der Waals surface area contributed by atoms with Crippen LogP contribution in [0.5, 0.6) is 0 Å². The molecule has 0 radical (unpaired) electrons. The highest BCUT2D eigenvalue weighted by atomic mass is 16.5. The average Bonchev–Trinajstić information content (AvgIpc) is 3.05. The third-order valence-corrected chi connectivity index (χ3v) is 5.83. The van der Waals surface area contributed by atoms with E-state index in [0.717, 1.165) is 44.8 Å². The second-order valence-corrected chi connectivity index (χ2v) is 7.74. The molecule has 2 N–H and O–H groups in total. The van der Waals surface area contributed by atoms with Crippen molar-refractivity contribution >= 4 is 17.4 Å². The van der Waals surface area contributed by atoms with Gasteiger partial charge in [-0.25, -0.2) is 0 Å². The highest BCUT2D eigenvalue weighted by molar-refractivity contribution is 6.46. The molecule has 0 bridgehead atoms. The van der Waals surface area contributed by atoms with Gasteiger partial charge in [0.1, 0.15) is 18.8 Å². The molecule has 1 amide bonds. The second-order valence-electron chi connectivity index (χ2n) is 7.74. The fourth-order valence-corrected chi connectivity index (χ4v) is 4.25. The van der Waals surface area contributed by atoms with Gasteiger partial charge in [-0.2, -0.15) is 0 Å². The molecule has 4 rings (SSSR count). The summed E-state index contributed by atoms with van der Waals surface area (Å²) in [7, 11) is 0. The van der Waals surface area contributed by atoms with E-state index in [2.05, 4.69) is 0 Å². The molecule has 1 atom stereocenters. The predicted octanol–water partition coefficient (Wildman–Crippen LogP) is 1.41. The Morgan fingerprint density at radius 3 is 2.30 bits per heavy atom. The van der Waals surface area contributed by atoms with E-state index in [1.807, 2.05) is 36.4 Å². The Bertz CT molecular complexity index is 921. The normalized spacial score (nSPS) is 21.9. The predicted molar refractivity (Wildman–Crippen MR) is 113 cm³/mol. The first-order chi connectivity index (χ1) is 14.7. The summed E-state index contributed by atoms with van der Waals surface area (Å²) in [5.41, 5.74) is 1.53. The number of quaternary nitrogens is 1. The molecule has 2 aliphatic heterocycles. The lowest BCUT2D eigenvalue weighted by molar-refractivity contribution is -0.908. The van der Waals surface area contributed by atoms with Crippen molar-refractivity contribution in [3.63, 3.8) is 0 Å². The van der Waals surface area contributed by atoms with Gasteiger partial charge < -0.3 is 19.6 Å². The Morgan fingerprint density at radius 1 is 1.00 bits per heavy atom. The Kier molecular flexibility index (Phi) is 6.26. The summed E-state index contributed by atoms with van der Waals surface area (Å²) in [6.45, 7) is 4.86. The monoisotopic (exact) mass is 407 g/mol. The quantitative estimate of drug-likeness (QED) is 0.432. The number of hydrogen-bond acceptors (Lipinski definition) is 4. The standard InChI is InChI=1S/C24H26N2O4/c27-22(19-10-5-2-6-11-19)20-21(18-8-3-1-4-9-18)26(24(29)23(20)28)13-7-12-25-14-16-30-17-15-25/h1-6,8-11,21,27H,7,12-17H2/p+1/t21-/m1/s1. The van der Waals surface area contributed by atoms with Gasteiger partial charge in [0.15, 0.2) is 0 Å². The van der Waals surface area contributed by atoms with Crippen LogP contribution in [-0.4, -0.2) is 61.1 Å². The van der Waals surface area contributed by atoms with E-state index in [-0.39, 0.29) is 11.3 Å². The maximum Gasteiger partial charge on any atom is 0.295 e. The Labute approximate surface area is 176 Å². The maximum atomic E-state index is 12.9. The van der Waals surface area contributed by atoms with Crippen LogP contribution in [0.4, 0.5) is 0 Å². The summed E-state index contributed by atoms with van der Waals surface area (Å²) < 4.78 is 5.40. The topological polar surface area (TPSA) is 71.3 Å². The number of ether oxygens (including phenoxy) is 1. The van der Waals surface area contributed by atoms with Crippen molar-refractivity contribution in [2.75, 3.05) is 39.4 Å². The summed E-state index contributed by atoms with van der Waals surface area (Å²) in [4.78, 5) is 28.9. The summed E-state index contributed by atoms with van der Waals surface area (Å²) in [6, 6.07) is 17.8. The number of aliphatic hydroxyl groups is 1. The van der Waals surface area contributed by atoms with Crippen LogP contribution in [0, 0.1) is 0 Å². The van der Waals surface area contributed by atoms with Crippen LogP contribution in [0.15, 0.2) is 66.2 Å². The van der Waals surface area contributed by atoms with Crippen molar-refractivity contribution in [1.82, 2.24) is 4.90 Å². The molecule has 0 unspecified atom stereocenters. The van der Waals surface area contributed by atoms with Gasteiger partial charge in [-0.1, -0.05) is 60.7 Å². The van der Waals surface area contributed by atoms with Gasteiger partial charge in [0, 0.05) is 18.5 Å². The number of carbonyl (C=O) groups excluding carboxylic acids is 2. The number of nitrogens with zero attached hydrogens (tertiary/aromatic N) is 1. The number of carbonyl (C=O) groups is 2. The van der Waals surface area contributed by atoms with E-state index < -0.39 is 17.7 Å². The minimum atomic E-state index is -0.621. The molecule has 0 saturated carbocycles. The number of amides is 1. The molecular formula is C24H27N2O4+. The van der Waals surface area contributed by atoms with Crippen molar-refractivity contribution in [2.24, 2.45) is 0 Å². The number of benzene rings is 2. The first-order valence-electron chi connectivity index (χ1n) is 10.5. The zero-order chi connectivity index (χ0) is 20.9. The van der Waals surface area contributed by atoms with Crippen LogP contribution >= 0.6 is 0 Å². The van der Waals surface area contributed by atoms with E-state index in [1.165, 1.54) is 4.90 Å². The van der Waals surface area contributed by atoms with Crippen molar-refractivity contribution < 1.29 is 24.3 Å². The Morgan fingerprint density at radius 2 is 1.63 bits per heavy atom. The summed E-state index contributed by atoms with van der Waals surface area (Å²) >= 11 is 0. The SMILES string of the molecule is O=C1C(=O)N(CCC[NH+]2CCOCC2)[C@H](c2ccccc2)C1=C(O)c1ccccc1. The van der Waals surface area contributed by atoms with E-state index in [0.29, 0.717) is 12.1 Å². The number of hydrogen-bond donors (Lipinski definition) is 2. The molecular weight excluding hydrogens is 380 g/mol. The molecule has 156 valence electrons. The van der Waals surface area contributed by atoms with Crippen LogP contribution in [-0.2, 0) is 14.3 Å². The van der Waals surface area contributed by atoms with E-state index in [1.54, 1.807) is 29.2 Å². The van der Waals surface area contributed by atoms with E-state index in [9.17, 15) is 14.7 Å². The van der Waals surface area contributed by atoms with Gasteiger partial charge in [0.25, 0.3) is 11.7 Å². The summed E-state index contributed by atoms with van der Waals surface area (Å²) in [5, 5.41) is 10.9. The Hall–Kier alpha value is -2.96. The number of aliphatic hydroxyl groups excluding tert-OH is 1. The fourth-order valence-electron chi connectivity index (χ4n) is 4.25. The number of nitrogens with one attached hydrogen (secondary N) is 1. The first-order valence-corrected chi connectivity index (χ1v) is 10.5. The van der Waals surface area contributed by atoms with Gasteiger partial charge in [-0.3, -0.25) is 9.59 Å². The van der Waals surface area contributed by atoms with Crippen molar-refractivity contribution in [3.05, 3.63) is 77.4 Å². The average molecular weight is 407 g/mol. The van der Waals surface area contributed by atoms with Crippen LogP contribution in [0.3, 0.4) is 0 Å². The van der Waals surface area contributed by atoms with Gasteiger partial charge >= 0.3 is 0 Å². The van der Waals surface area contributed by atoms with E-state index in [4.69, 9.17) is 4.74 Å². The molecule has 6 heteroatoms. The Balaban J connectivity index is 1.63. The van der Waals surface area contributed by atoms with Crippen molar-refractivity contribution in [1.29, 1.82) is 0 Å². The van der Waals surface area contributed by atoms with Gasteiger partial charge in [0.2, 0.25) is 0 Å². The molecule has 0 aromatic heterocycles. The lowest BCUT2D eigenvalue weighted by Crippen LogP contribution is -3.14. The molecule has 2 heterocycles. The van der Waals surface area contributed by atoms with E-state index >= 15 is 0 Å². The number of Topliss-reactive ketones (excluding diaryl/α,β-unsaturated/α-hetero) is 1. The number of rotatable bonds is 6. The minimum Gasteiger partial charge on any atom is -0.507 e. The number of morpholine rings is 1. The molecule has 6 nitrogen and oxygen atoms in total. The molecule has 2 saturated heterocycles. The summed E-state index contributed by atoms with van der Waals surface area (Å²) in [6.07, 6.45) is 0.789. The molecule has 2 aromatic rings. The van der Waals surface area contributed by atoms with Crippen LogP contribution in [0.25, 0.3) is 5.76 Å². The lowest BCUT2D eigenvalue weighted by Gasteiger charge is -2.27. The second kappa shape index (κ2) is 9.24. The molecule has 2 fully saturated rings. The van der Waals surface area contributed by atoms with Crippen molar-refractivity contribution in [2.45, 2.75) is 12.5 Å². The molecule has 2 aromatic carbocycles. The van der Waals surface area contributed by atoms with Crippen LogP contribution in [0.2, 0.25) is 0 Å². The maximum absolute atomic E-state index is 12.9. The van der Waals surface area contributed by atoms with Crippen LogP contribution < -0.4 is 4.90 Å². The highest BCUT2D eigenvalue weighted by Gasteiger charge is 2.45.